The number of carboxylic acid groups (broad SMARTS) is 1. The Bertz CT molecular complexity index is 440. The molecule has 0 saturated heterocycles. The lowest BCUT2D eigenvalue weighted by molar-refractivity contribution is -0.148. The molecule has 0 bridgehead atoms. The summed E-state index contributed by atoms with van der Waals surface area (Å²) in [5.41, 5.74) is 4.13. The lowest BCUT2D eigenvalue weighted by atomic mass is 9.88. The predicted octanol–water partition coefficient (Wildman–Crippen LogP) is 1.41. The van der Waals surface area contributed by atoms with E-state index in [1.165, 1.54) is 0 Å². The molecule has 2 atom stereocenters. The van der Waals surface area contributed by atoms with E-state index >= 15 is 0 Å². The van der Waals surface area contributed by atoms with Crippen LogP contribution >= 0.6 is 22.6 Å². The minimum atomic E-state index is -1.98. The van der Waals surface area contributed by atoms with Gasteiger partial charge in [0, 0.05) is 12.2 Å². The van der Waals surface area contributed by atoms with E-state index in [2.05, 4.69) is 0 Å². The average Bonchev–Trinajstić information content (AvgIpc) is 2.38. The molecule has 0 fully saturated rings. The zero-order chi connectivity index (χ0) is 13.8. The highest BCUT2D eigenvalue weighted by molar-refractivity contribution is 14.1. The van der Waals surface area contributed by atoms with Gasteiger partial charge < -0.3 is 10.8 Å². The van der Waals surface area contributed by atoms with Crippen molar-refractivity contribution in [2.75, 3.05) is 4.43 Å². The fraction of sp³-hybridized carbons (Fsp3) is 0.333. The van der Waals surface area contributed by atoms with E-state index in [0.717, 1.165) is 0 Å². The number of hydrogen-bond donors (Lipinski definition) is 2. The third kappa shape index (κ3) is 3.50. The molecule has 0 saturated carbocycles. The molecule has 0 aliphatic heterocycles. The summed E-state index contributed by atoms with van der Waals surface area (Å²) in [6.45, 7) is 0. The maximum absolute atomic E-state index is 12.1. The quantitative estimate of drug-likeness (QED) is 0.463. The minimum absolute atomic E-state index is 0.0178. The molecule has 0 radical (unpaired) electrons. The van der Waals surface area contributed by atoms with Crippen molar-refractivity contribution >= 4 is 34.3 Å². The van der Waals surface area contributed by atoms with Crippen LogP contribution in [0.15, 0.2) is 30.3 Å². The molecule has 3 N–H and O–H groups in total. The number of aliphatic carboxylic acids is 1. The standard InChI is InChI=1S/C12H14INO3/c13-7-6-12(14,11(16)17)10(15)8-9-4-2-1-3-5-9/h1-5H,6-8,14H2,(H,16,17)/i8D. The Labute approximate surface area is 115 Å². The molecule has 92 valence electrons. The van der Waals surface area contributed by atoms with E-state index < -0.39 is 23.7 Å². The van der Waals surface area contributed by atoms with E-state index in [4.69, 9.17) is 12.2 Å². The highest BCUT2D eigenvalue weighted by Gasteiger charge is 2.40. The van der Waals surface area contributed by atoms with Crippen molar-refractivity contribution < 1.29 is 16.1 Å². The molecule has 17 heavy (non-hydrogen) atoms. The topological polar surface area (TPSA) is 80.4 Å². The molecule has 4 nitrogen and oxygen atoms in total. The Kier molecular flexibility index (Phi) is 4.49. The second-order valence-corrected chi connectivity index (χ2v) is 4.71. The number of benzene rings is 1. The minimum Gasteiger partial charge on any atom is -0.480 e. The fourth-order valence-corrected chi connectivity index (χ4v) is 2.16. The third-order valence-corrected chi connectivity index (χ3v) is 2.95. The summed E-state index contributed by atoms with van der Waals surface area (Å²) in [5, 5.41) is 9.10. The molecule has 2 unspecified atom stereocenters. The Hall–Kier alpha value is -0.950. The van der Waals surface area contributed by atoms with Crippen molar-refractivity contribution in [2.24, 2.45) is 5.73 Å². The molecule has 0 heterocycles. The van der Waals surface area contributed by atoms with Gasteiger partial charge in [0.05, 0.1) is 0 Å². The van der Waals surface area contributed by atoms with Crippen LogP contribution in [0.3, 0.4) is 0 Å². The monoisotopic (exact) mass is 348 g/mol. The summed E-state index contributed by atoms with van der Waals surface area (Å²) >= 11 is 1.96. The first-order valence-electron chi connectivity index (χ1n) is 5.61. The van der Waals surface area contributed by atoms with Gasteiger partial charge in [-0.3, -0.25) is 4.79 Å². The van der Waals surface area contributed by atoms with E-state index in [9.17, 15) is 9.59 Å². The van der Waals surface area contributed by atoms with Gasteiger partial charge in [-0.1, -0.05) is 52.9 Å². The molecule has 1 aromatic carbocycles. The van der Waals surface area contributed by atoms with Gasteiger partial charge in [0.15, 0.2) is 11.3 Å². The highest BCUT2D eigenvalue weighted by atomic mass is 127. The number of halogens is 1. The van der Waals surface area contributed by atoms with Crippen LogP contribution in [-0.4, -0.2) is 26.8 Å². The number of carboxylic acids is 1. The van der Waals surface area contributed by atoms with Crippen molar-refractivity contribution in [3.8, 4) is 0 Å². The summed E-state index contributed by atoms with van der Waals surface area (Å²) < 4.78 is 8.29. The van der Waals surface area contributed by atoms with E-state index in [0.29, 0.717) is 9.99 Å². The molecule has 0 aliphatic rings. The molecule has 0 spiro atoms. The first-order chi connectivity index (χ1) is 8.43. The van der Waals surface area contributed by atoms with Crippen molar-refractivity contribution in [3.63, 3.8) is 0 Å². The zero-order valence-corrected chi connectivity index (χ0v) is 11.3. The van der Waals surface area contributed by atoms with Gasteiger partial charge in [0.2, 0.25) is 0 Å². The third-order valence-electron chi connectivity index (χ3n) is 2.41. The number of hydrogen-bond acceptors (Lipinski definition) is 3. The lowest BCUT2D eigenvalue weighted by Crippen LogP contribution is -2.55. The molecular weight excluding hydrogens is 333 g/mol. The second-order valence-electron chi connectivity index (χ2n) is 3.63. The van der Waals surface area contributed by atoms with Crippen molar-refractivity contribution in [1.29, 1.82) is 0 Å². The van der Waals surface area contributed by atoms with Crippen molar-refractivity contribution in [1.82, 2.24) is 0 Å². The molecule has 0 aliphatic carbocycles. The molecule has 0 aromatic heterocycles. The van der Waals surface area contributed by atoms with E-state index in [1.54, 1.807) is 30.3 Å². The van der Waals surface area contributed by atoms with Crippen molar-refractivity contribution in [3.05, 3.63) is 35.9 Å². The predicted molar refractivity (Wildman–Crippen MR) is 73.2 cm³/mol. The Morgan fingerprint density at radius 2 is 2.00 bits per heavy atom. The number of alkyl halides is 1. The van der Waals surface area contributed by atoms with Crippen molar-refractivity contribution in [2.45, 2.75) is 18.4 Å². The fourth-order valence-electron chi connectivity index (χ4n) is 1.31. The molecule has 1 rings (SSSR count). The van der Waals surface area contributed by atoms with Crippen LogP contribution in [0, 0.1) is 0 Å². The van der Waals surface area contributed by atoms with Crippen LogP contribution in [0.2, 0.25) is 0 Å². The maximum atomic E-state index is 12.1. The van der Waals surface area contributed by atoms with Gasteiger partial charge >= 0.3 is 5.97 Å². The molecule has 5 heteroatoms. The highest BCUT2D eigenvalue weighted by Crippen LogP contribution is 2.14. The van der Waals surface area contributed by atoms with Crippen LogP contribution in [0.25, 0.3) is 0 Å². The van der Waals surface area contributed by atoms with Gasteiger partial charge in [0.1, 0.15) is 0 Å². The summed E-state index contributed by atoms with van der Waals surface area (Å²) in [6, 6.07) is 8.38. The molecule has 1 aromatic rings. The van der Waals surface area contributed by atoms with Crippen LogP contribution in [0.5, 0.6) is 0 Å². The van der Waals surface area contributed by atoms with Crippen LogP contribution in [0.1, 0.15) is 13.4 Å². The molecular formula is C12H14INO3. The maximum Gasteiger partial charge on any atom is 0.331 e. The summed E-state index contributed by atoms with van der Waals surface area (Å²) in [7, 11) is 0. The largest absolute Gasteiger partial charge is 0.480 e. The Morgan fingerprint density at radius 1 is 1.41 bits per heavy atom. The zero-order valence-electron chi connectivity index (χ0n) is 10.1. The SMILES string of the molecule is [2H]C(C(=O)C(N)(CCI)C(=O)O)c1ccccc1. The average molecular weight is 348 g/mol. The number of carbonyl (C=O) groups excluding carboxylic acids is 1. The number of carbonyl (C=O) groups is 2. The number of nitrogens with two attached hydrogens (primary N) is 1. The van der Waals surface area contributed by atoms with E-state index in [1.807, 2.05) is 22.6 Å². The van der Waals surface area contributed by atoms with Gasteiger partial charge in [-0.2, -0.15) is 0 Å². The van der Waals surface area contributed by atoms with Crippen LogP contribution in [-0.2, 0) is 16.0 Å². The summed E-state index contributed by atoms with van der Waals surface area (Å²) in [5.74, 6) is -2.16. The second kappa shape index (κ2) is 6.11. The first kappa shape index (κ1) is 12.5. The number of ketones is 1. The number of rotatable bonds is 6. The van der Waals surface area contributed by atoms with Crippen LogP contribution < -0.4 is 5.73 Å². The normalized spacial score (nSPS) is 16.7. The number of Topliss-reactive ketones (excluding diaryl/α,β-unsaturated/α-hetero) is 1. The van der Waals surface area contributed by atoms with Gasteiger partial charge in [-0.25, -0.2) is 4.79 Å². The first-order valence-corrected chi connectivity index (χ1v) is 6.55. The Morgan fingerprint density at radius 3 is 2.47 bits per heavy atom. The lowest BCUT2D eigenvalue weighted by Gasteiger charge is -2.22. The summed E-state index contributed by atoms with van der Waals surface area (Å²) in [6.07, 6.45) is -1.25. The van der Waals surface area contributed by atoms with E-state index in [-0.39, 0.29) is 6.42 Å². The van der Waals surface area contributed by atoms with Gasteiger partial charge in [-0.05, 0) is 12.0 Å². The smallest absolute Gasteiger partial charge is 0.331 e. The molecule has 0 amide bonds. The van der Waals surface area contributed by atoms with Gasteiger partial charge in [-0.15, -0.1) is 0 Å². The van der Waals surface area contributed by atoms with Gasteiger partial charge in [0.25, 0.3) is 0 Å². The van der Waals surface area contributed by atoms with Crippen LogP contribution in [0.4, 0.5) is 0 Å². The summed E-state index contributed by atoms with van der Waals surface area (Å²) in [4.78, 5) is 23.3. The Balaban J connectivity index is 3.01.